The van der Waals surface area contributed by atoms with Crippen molar-refractivity contribution in [3.63, 3.8) is 0 Å². The van der Waals surface area contributed by atoms with Crippen molar-refractivity contribution in [2.75, 3.05) is 6.54 Å². The summed E-state index contributed by atoms with van der Waals surface area (Å²) in [5, 5.41) is 0. The van der Waals surface area contributed by atoms with E-state index in [1.54, 1.807) is 205 Å². The summed E-state index contributed by atoms with van der Waals surface area (Å²) in [6.45, 7) is 2.26. The van der Waals surface area contributed by atoms with Gasteiger partial charge < -0.3 is 9.47 Å². The Hall–Kier alpha value is -0.0551. The van der Waals surface area contributed by atoms with Crippen LogP contribution >= 0.6 is 0 Å². The van der Waals surface area contributed by atoms with E-state index in [1.165, 1.54) is 109 Å². The molecule has 3 nitrogen and oxygen atoms in total. The van der Waals surface area contributed by atoms with E-state index in [9.17, 15) is 0 Å². The lowest BCUT2D eigenvalue weighted by atomic mass is 9.20. The maximum Gasteiger partial charge on any atom is 0.162 e. The molecular formula is C83H132BNO2. The molecule has 0 radical (unpaired) electrons. The number of fused-ring (bicyclic) bond motifs is 8. The van der Waals surface area contributed by atoms with Crippen LogP contribution in [0.3, 0.4) is 0 Å². The molecule has 18 unspecified atom stereocenters. The van der Waals surface area contributed by atoms with Gasteiger partial charge in [-0.2, -0.15) is 0 Å². The van der Waals surface area contributed by atoms with Gasteiger partial charge in [-0.15, -0.1) is 0 Å². The van der Waals surface area contributed by atoms with Crippen LogP contribution in [0, 0.1) is 148 Å². The molecule has 484 valence electrons. The number of hydrogen-bond donors (Lipinski definition) is 0. The Morgan fingerprint density at radius 1 is 0.241 bits per heavy atom. The van der Waals surface area contributed by atoms with E-state index in [0.717, 1.165) is 178 Å². The summed E-state index contributed by atoms with van der Waals surface area (Å²) in [6, 6.07) is 1.67. The molecule has 2 saturated heterocycles. The predicted molar refractivity (Wildman–Crippen MR) is 357 cm³/mol. The van der Waals surface area contributed by atoms with Gasteiger partial charge in [0.15, 0.2) is 6.71 Å². The monoisotopic (exact) mass is 1190 g/mol. The smallest absolute Gasteiger partial charge is 0.162 e. The van der Waals surface area contributed by atoms with Crippen molar-refractivity contribution < 1.29 is 9.47 Å². The predicted octanol–water partition coefficient (Wildman–Crippen LogP) is 21.5. The van der Waals surface area contributed by atoms with Gasteiger partial charge in [-0.1, -0.05) is 141 Å². The topological polar surface area (TPSA) is 21.7 Å². The Kier molecular flexibility index (Phi) is 16.5. The maximum absolute atomic E-state index is 8.12. The van der Waals surface area contributed by atoms with Gasteiger partial charge in [-0.25, -0.2) is 0 Å². The Morgan fingerprint density at radius 3 is 0.977 bits per heavy atom. The lowest BCUT2D eigenvalue weighted by Gasteiger charge is -2.66. The van der Waals surface area contributed by atoms with Gasteiger partial charge in [0.1, 0.15) is 0 Å². The molecule has 87 heavy (non-hydrogen) atoms. The van der Waals surface area contributed by atoms with Crippen molar-refractivity contribution in [3.8, 4) is 0 Å². The maximum atomic E-state index is 8.12. The highest BCUT2D eigenvalue weighted by atomic mass is 16.5. The minimum absolute atomic E-state index is 0.461. The molecule has 19 rings (SSSR count). The highest BCUT2D eigenvalue weighted by Gasteiger charge is 2.66. The van der Waals surface area contributed by atoms with E-state index in [-0.39, 0.29) is 0 Å². The van der Waals surface area contributed by atoms with Crippen molar-refractivity contribution in [3.05, 3.63) is 0 Å². The summed E-state index contributed by atoms with van der Waals surface area (Å²) >= 11 is 0. The standard InChI is InChI=1S/C83H132BNO2/c1-3-13-51(14-4-1)53-29-35-59(36-30-53)85(60-37-31-54(32-38-60)52-15-5-2-6-16-52)49-50-45-77-83-78(46-50)87-76-44-34-58(62-40-42-72-68-24-10-20-56-18-8-22-66(80(56)68)70-28-12-26-64(62)82(70)72)48-74(76)84(83)73-47-57(33-43-75(73)86-77)61-39-41-71-67-23-9-19-55-17-7-21-65(79(55)67)69-27-11-25-63(61)81(69)71/h50-83H,1-49H2/t50?,53?,54?,55-,56?,57?,58-,59?,60?,61?,62+,63+,64?,65?,66-,67?,68+,69?,70?,71+,72-,73+,74?,75?,76+,77?,78?,79?,80?,81?,82?,83?/m0/s1. The van der Waals surface area contributed by atoms with Gasteiger partial charge in [0.25, 0.3) is 0 Å². The largest absolute Gasteiger partial charge is 0.376 e. The molecule has 2 heterocycles. The molecule has 17 saturated carbocycles. The molecule has 28 atom stereocenters. The Balaban J connectivity index is 0.607. The van der Waals surface area contributed by atoms with Gasteiger partial charge in [0.2, 0.25) is 0 Å². The molecule has 2 aliphatic heterocycles. The fraction of sp³-hybridized carbons (Fsp3) is 1.00. The molecule has 0 aromatic carbocycles. The minimum Gasteiger partial charge on any atom is -0.376 e. The van der Waals surface area contributed by atoms with Gasteiger partial charge in [-0.3, -0.25) is 4.90 Å². The zero-order chi connectivity index (χ0) is 56.8. The van der Waals surface area contributed by atoms with Crippen LogP contribution in [0.1, 0.15) is 308 Å². The number of hydrogen-bond acceptors (Lipinski definition) is 3. The normalized spacial score (nSPS) is 55.6. The van der Waals surface area contributed by atoms with E-state index < -0.39 is 0 Å². The zero-order valence-electron chi connectivity index (χ0n) is 56.1. The zero-order valence-corrected chi connectivity index (χ0v) is 56.1. The van der Waals surface area contributed by atoms with Crippen LogP contribution in [0.5, 0.6) is 0 Å². The SMILES string of the molecule is C1CCC(C2CCC(N(CC3CC4OC5CCC(C6CC[C@@H]7C8CCC[C@@H]9CCCC(C%10CCC[C@H]6C%107)C89)C[C@H]5B5C4C(C3)O[C@@H]3CC[C@H]([C@H]4CC[C@@H]6C7C(CCCC74)[C@@H]4CCCC7CCC[C@H]6C74)CC53)C3CCC(C4CCCCC4)CC3)CC2)CC1. The van der Waals surface area contributed by atoms with Crippen molar-refractivity contribution in [1.29, 1.82) is 0 Å². The van der Waals surface area contributed by atoms with E-state index in [2.05, 4.69) is 4.90 Å². The van der Waals surface area contributed by atoms with E-state index in [4.69, 9.17) is 9.47 Å². The summed E-state index contributed by atoms with van der Waals surface area (Å²) in [5.41, 5.74) is 0. The summed E-state index contributed by atoms with van der Waals surface area (Å²) < 4.78 is 16.2. The first-order valence-electron chi connectivity index (χ1n) is 42.2. The number of rotatable bonds is 8. The molecule has 0 aromatic rings. The van der Waals surface area contributed by atoms with Crippen LogP contribution in [0.4, 0.5) is 0 Å². The van der Waals surface area contributed by atoms with Gasteiger partial charge in [0.05, 0.1) is 24.4 Å². The summed E-state index contributed by atoms with van der Waals surface area (Å²) in [6.07, 6.45) is 76.6. The highest BCUT2D eigenvalue weighted by molar-refractivity contribution is 6.65. The molecule has 0 N–H and O–H groups in total. The van der Waals surface area contributed by atoms with Gasteiger partial charge in [0, 0.05) is 18.6 Å². The molecule has 17 aliphatic carbocycles. The average molecular weight is 1190 g/mol. The molecule has 0 bridgehead atoms. The first-order valence-corrected chi connectivity index (χ1v) is 42.2. The van der Waals surface area contributed by atoms with Crippen LogP contribution < -0.4 is 0 Å². The fourth-order valence-corrected chi connectivity index (χ4v) is 33.8. The Morgan fingerprint density at radius 2 is 0.563 bits per heavy atom. The van der Waals surface area contributed by atoms with Crippen LogP contribution in [0.25, 0.3) is 0 Å². The second-order valence-electron chi connectivity index (χ2n) is 38.6. The number of nitrogens with zero attached hydrogens (tertiary/aromatic N) is 1. The summed E-state index contributed by atoms with van der Waals surface area (Å²) in [4.78, 5) is 3.33. The molecule has 0 spiro atoms. The highest BCUT2D eigenvalue weighted by Crippen LogP contribution is 2.71. The Labute approximate surface area is 534 Å². The van der Waals surface area contributed by atoms with Crippen LogP contribution in [0.15, 0.2) is 0 Å². The first-order chi connectivity index (χ1) is 43.1. The third-order valence-electron chi connectivity index (χ3n) is 36.2. The summed E-state index contributed by atoms with van der Waals surface area (Å²) in [5.74, 6) is 29.0. The quantitative estimate of drug-likeness (QED) is 0.226. The molecule has 19 aliphatic rings. The van der Waals surface area contributed by atoms with E-state index >= 15 is 0 Å². The van der Waals surface area contributed by atoms with E-state index in [0.29, 0.717) is 30.2 Å². The second kappa shape index (κ2) is 24.5. The van der Waals surface area contributed by atoms with Crippen LogP contribution in [-0.2, 0) is 9.47 Å². The molecular weight excluding hydrogens is 1050 g/mol. The van der Waals surface area contributed by atoms with Crippen LogP contribution in [-0.4, -0.2) is 54.7 Å². The Bertz CT molecular complexity index is 2130. The minimum atomic E-state index is 0.461. The molecule has 0 amide bonds. The first kappa shape index (κ1) is 58.3. The molecule has 19 fully saturated rings. The summed E-state index contributed by atoms with van der Waals surface area (Å²) in [7, 11) is 0. The van der Waals surface area contributed by atoms with Crippen molar-refractivity contribution in [2.24, 2.45) is 148 Å². The van der Waals surface area contributed by atoms with Gasteiger partial charge in [-0.05, 0) is 332 Å². The fourth-order valence-electron chi connectivity index (χ4n) is 33.8. The second-order valence-corrected chi connectivity index (χ2v) is 38.6. The third-order valence-corrected chi connectivity index (χ3v) is 36.2. The average Bonchev–Trinajstić information content (AvgIpc) is 1.33. The third kappa shape index (κ3) is 10.2. The van der Waals surface area contributed by atoms with E-state index in [1.807, 2.05) is 0 Å². The lowest BCUT2D eigenvalue weighted by molar-refractivity contribution is -0.169. The lowest BCUT2D eigenvalue weighted by Crippen LogP contribution is -2.64. The van der Waals surface area contributed by atoms with Crippen molar-refractivity contribution in [2.45, 2.75) is 362 Å². The van der Waals surface area contributed by atoms with Crippen molar-refractivity contribution >= 4 is 6.71 Å². The molecule has 4 heteroatoms. The molecule has 0 aromatic heterocycles. The van der Waals surface area contributed by atoms with Crippen LogP contribution in [0.2, 0.25) is 17.5 Å². The van der Waals surface area contributed by atoms with Gasteiger partial charge >= 0.3 is 0 Å². The number of ether oxygens (including phenoxy) is 2. The van der Waals surface area contributed by atoms with Crippen molar-refractivity contribution in [1.82, 2.24) is 4.90 Å².